The first kappa shape index (κ1) is 14.0. The summed E-state index contributed by atoms with van der Waals surface area (Å²) in [7, 11) is 1.70. The van der Waals surface area contributed by atoms with Gasteiger partial charge < -0.3 is 11.1 Å². The minimum Gasteiger partial charge on any atom is -0.395 e. The smallest absolute Gasteiger partial charge is 0.272 e. The molecule has 0 aliphatic heterocycles. The highest BCUT2D eigenvalue weighted by Gasteiger charge is 2.18. The molecule has 0 saturated carbocycles. The zero-order valence-electron chi connectivity index (χ0n) is 11.8. The first-order valence-electron chi connectivity index (χ1n) is 6.40. The molecule has 20 heavy (non-hydrogen) atoms. The number of amides is 1. The van der Waals surface area contributed by atoms with Gasteiger partial charge in [0.05, 0.1) is 35.5 Å². The number of nitrogens with two attached hydrogens (primary N) is 1. The van der Waals surface area contributed by atoms with E-state index in [1.165, 1.54) is 4.68 Å². The lowest BCUT2D eigenvalue weighted by atomic mass is 10.2. The monoisotopic (exact) mass is 274 g/mol. The summed E-state index contributed by atoms with van der Waals surface area (Å²) in [5, 5.41) is 6.99. The van der Waals surface area contributed by atoms with E-state index in [9.17, 15) is 4.79 Å². The first-order valence-corrected chi connectivity index (χ1v) is 6.40. The van der Waals surface area contributed by atoms with Crippen molar-refractivity contribution in [2.24, 2.45) is 7.05 Å². The number of carbonyl (C=O) groups is 1. The lowest BCUT2D eigenvalue weighted by Crippen LogP contribution is -2.26. The van der Waals surface area contributed by atoms with Crippen LogP contribution in [0.4, 0.5) is 5.69 Å². The average Bonchev–Trinajstić information content (AvgIpc) is 2.72. The number of carbonyl (C=O) groups excluding carboxylic acids is 1. The quantitative estimate of drug-likeness (QED) is 0.850. The molecular formula is C13H18N6O. The van der Waals surface area contributed by atoms with Gasteiger partial charge in [-0.2, -0.15) is 5.10 Å². The topological polar surface area (TPSA) is 98.7 Å². The van der Waals surface area contributed by atoms with Crippen molar-refractivity contribution in [2.45, 2.75) is 26.8 Å². The number of hydrogen-bond acceptors (Lipinski definition) is 5. The molecule has 2 aromatic rings. The highest BCUT2D eigenvalue weighted by Crippen LogP contribution is 2.16. The van der Waals surface area contributed by atoms with Gasteiger partial charge in [0.15, 0.2) is 0 Å². The van der Waals surface area contributed by atoms with E-state index in [1.54, 1.807) is 19.4 Å². The van der Waals surface area contributed by atoms with Crippen LogP contribution < -0.4 is 11.1 Å². The van der Waals surface area contributed by atoms with Crippen molar-refractivity contribution in [1.82, 2.24) is 25.1 Å². The zero-order valence-corrected chi connectivity index (χ0v) is 11.8. The zero-order chi connectivity index (χ0) is 14.7. The molecule has 0 unspecified atom stereocenters. The fraction of sp³-hybridized carbons (Fsp3) is 0.385. The molecule has 0 spiro atoms. The second-order valence-corrected chi connectivity index (χ2v) is 4.52. The van der Waals surface area contributed by atoms with Crippen LogP contribution in [-0.2, 0) is 20.0 Å². The molecule has 2 rings (SSSR count). The van der Waals surface area contributed by atoms with Crippen LogP contribution >= 0.6 is 0 Å². The van der Waals surface area contributed by atoms with Crippen molar-refractivity contribution in [3.05, 3.63) is 35.2 Å². The van der Waals surface area contributed by atoms with Crippen LogP contribution in [0.25, 0.3) is 0 Å². The Morgan fingerprint density at radius 2 is 2.15 bits per heavy atom. The SMILES string of the molecule is CCc1nn(C)c(C(=O)NCc2cnc(C)cn2)c1N. The van der Waals surface area contributed by atoms with Gasteiger partial charge in [-0.15, -0.1) is 0 Å². The summed E-state index contributed by atoms with van der Waals surface area (Å²) in [5.74, 6) is -0.264. The van der Waals surface area contributed by atoms with E-state index in [4.69, 9.17) is 5.73 Å². The maximum absolute atomic E-state index is 12.2. The van der Waals surface area contributed by atoms with E-state index in [0.29, 0.717) is 30.0 Å². The van der Waals surface area contributed by atoms with Crippen molar-refractivity contribution in [1.29, 1.82) is 0 Å². The molecule has 2 heterocycles. The Hall–Kier alpha value is -2.44. The van der Waals surface area contributed by atoms with Crippen LogP contribution in [-0.4, -0.2) is 25.7 Å². The van der Waals surface area contributed by atoms with Gasteiger partial charge in [0.1, 0.15) is 5.69 Å². The second kappa shape index (κ2) is 5.68. The molecule has 3 N–H and O–H groups in total. The first-order chi connectivity index (χ1) is 9.52. The van der Waals surface area contributed by atoms with Gasteiger partial charge in [-0.25, -0.2) is 0 Å². The highest BCUT2D eigenvalue weighted by molar-refractivity contribution is 5.97. The average molecular weight is 274 g/mol. The predicted octanol–water partition coefficient (Wildman–Crippen LogP) is 0.593. The molecule has 0 aliphatic carbocycles. The van der Waals surface area contributed by atoms with Crippen molar-refractivity contribution in [2.75, 3.05) is 5.73 Å². The molecule has 0 bridgehead atoms. The Balaban J connectivity index is 2.09. The van der Waals surface area contributed by atoms with E-state index in [1.807, 2.05) is 13.8 Å². The number of hydrogen-bond donors (Lipinski definition) is 2. The van der Waals surface area contributed by atoms with E-state index in [2.05, 4.69) is 20.4 Å². The maximum Gasteiger partial charge on any atom is 0.272 e. The third-order valence-electron chi connectivity index (χ3n) is 2.97. The van der Waals surface area contributed by atoms with Crippen LogP contribution in [0.15, 0.2) is 12.4 Å². The Labute approximate surface area is 117 Å². The molecule has 0 radical (unpaired) electrons. The van der Waals surface area contributed by atoms with Crippen molar-refractivity contribution in [3.63, 3.8) is 0 Å². The number of nitrogens with one attached hydrogen (secondary N) is 1. The highest BCUT2D eigenvalue weighted by atomic mass is 16.2. The Morgan fingerprint density at radius 1 is 1.40 bits per heavy atom. The predicted molar refractivity (Wildman–Crippen MR) is 74.9 cm³/mol. The number of anilines is 1. The third-order valence-corrected chi connectivity index (χ3v) is 2.97. The van der Waals surface area contributed by atoms with Crippen molar-refractivity contribution < 1.29 is 4.79 Å². The summed E-state index contributed by atoms with van der Waals surface area (Å²) >= 11 is 0. The third kappa shape index (κ3) is 2.76. The van der Waals surface area contributed by atoms with Gasteiger partial charge in [0.25, 0.3) is 5.91 Å². The van der Waals surface area contributed by atoms with E-state index in [0.717, 1.165) is 11.4 Å². The van der Waals surface area contributed by atoms with Crippen molar-refractivity contribution >= 4 is 11.6 Å². The molecule has 7 nitrogen and oxygen atoms in total. The molecular weight excluding hydrogens is 256 g/mol. The lowest BCUT2D eigenvalue weighted by molar-refractivity contribution is 0.0942. The van der Waals surface area contributed by atoms with Gasteiger partial charge in [-0.3, -0.25) is 19.4 Å². The van der Waals surface area contributed by atoms with Gasteiger partial charge in [-0.1, -0.05) is 6.92 Å². The minimum atomic E-state index is -0.264. The van der Waals surface area contributed by atoms with Crippen LogP contribution in [0.2, 0.25) is 0 Å². The summed E-state index contributed by atoms with van der Waals surface area (Å²) in [5.41, 5.74) is 9.00. The maximum atomic E-state index is 12.2. The van der Waals surface area contributed by atoms with Gasteiger partial charge in [0, 0.05) is 13.2 Å². The summed E-state index contributed by atoms with van der Waals surface area (Å²) in [6.07, 6.45) is 3.99. The second-order valence-electron chi connectivity index (χ2n) is 4.52. The standard InChI is InChI=1S/C13H18N6O/c1-4-10-11(14)12(19(3)18-10)13(20)17-7-9-6-15-8(2)5-16-9/h5-6H,4,7,14H2,1-3H3,(H,17,20). The van der Waals surface area contributed by atoms with Gasteiger partial charge in [-0.05, 0) is 13.3 Å². The summed E-state index contributed by atoms with van der Waals surface area (Å²) in [6, 6.07) is 0. The Bertz CT molecular complexity index is 617. The van der Waals surface area contributed by atoms with E-state index in [-0.39, 0.29) is 5.91 Å². The lowest BCUT2D eigenvalue weighted by Gasteiger charge is -2.06. The fourth-order valence-electron chi connectivity index (χ4n) is 1.89. The van der Waals surface area contributed by atoms with Gasteiger partial charge in [0.2, 0.25) is 0 Å². The van der Waals surface area contributed by atoms with Crippen LogP contribution in [0.3, 0.4) is 0 Å². The Kier molecular flexibility index (Phi) is 3.97. The van der Waals surface area contributed by atoms with Crippen LogP contribution in [0, 0.1) is 6.92 Å². The Morgan fingerprint density at radius 3 is 2.70 bits per heavy atom. The molecule has 1 amide bonds. The summed E-state index contributed by atoms with van der Waals surface area (Å²) in [4.78, 5) is 20.5. The van der Waals surface area contributed by atoms with Crippen molar-refractivity contribution in [3.8, 4) is 0 Å². The van der Waals surface area contributed by atoms with Crippen LogP contribution in [0.5, 0.6) is 0 Å². The molecule has 0 fully saturated rings. The molecule has 106 valence electrons. The number of nitrogen functional groups attached to an aromatic ring is 1. The number of nitrogens with zero attached hydrogens (tertiary/aromatic N) is 4. The normalized spacial score (nSPS) is 10.6. The number of aryl methyl sites for hydroxylation is 3. The summed E-state index contributed by atoms with van der Waals surface area (Å²) < 4.78 is 1.50. The molecule has 0 aromatic carbocycles. The number of aromatic nitrogens is 4. The molecule has 2 aromatic heterocycles. The van der Waals surface area contributed by atoms with E-state index < -0.39 is 0 Å². The minimum absolute atomic E-state index is 0.264. The largest absolute Gasteiger partial charge is 0.395 e. The molecule has 7 heteroatoms. The molecule has 0 saturated heterocycles. The van der Waals surface area contributed by atoms with Crippen LogP contribution in [0.1, 0.15) is 34.5 Å². The summed E-state index contributed by atoms with van der Waals surface area (Å²) in [6.45, 7) is 4.11. The fourth-order valence-corrected chi connectivity index (χ4v) is 1.89. The number of rotatable bonds is 4. The van der Waals surface area contributed by atoms with E-state index >= 15 is 0 Å². The molecule has 0 aliphatic rings. The van der Waals surface area contributed by atoms with Gasteiger partial charge >= 0.3 is 0 Å². The molecule has 0 atom stereocenters.